The number of carboxylic acid groups (broad SMARTS) is 1. The molecule has 0 aliphatic heterocycles. The van der Waals surface area contributed by atoms with Crippen molar-refractivity contribution >= 4 is 22.8 Å². The highest BCUT2D eigenvalue weighted by molar-refractivity contribution is 5.86. The molecule has 24 heavy (non-hydrogen) atoms. The van der Waals surface area contributed by atoms with Crippen LogP contribution in [0.25, 0.3) is 16.8 Å². The Kier molecular flexibility index (Phi) is 4.47. The number of ether oxygens (including phenoxy) is 1. The molecule has 3 rings (SSSR count). The Hall–Kier alpha value is -3.27. The van der Waals surface area contributed by atoms with Crippen LogP contribution in [-0.4, -0.2) is 16.2 Å². The average molecular weight is 320 g/mol. The number of carboxylic acids is 1. The fourth-order valence-corrected chi connectivity index (χ4v) is 2.49. The molecule has 3 aromatic carbocycles. The second-order valence-corrected chi connectivity index (χ2v) is 5.32. The predicted molar refractivity (Wildman–Crippen MR) is 93.1 cm³/mol. The number of hydrogen-bond acceptors (Lipinski definition) is 3. The minimum atomic E-state index is -1.06. The van der Waals surface area contributed by atoms with Gasteiger partial charge in [0.25, 0.3) is 0 Å². The number of phenolic OH excluding ortho intramolecular Hbond substituents is 1. The predicted octanol–water partition coefficient (Wildman–Crippen LogP) is 4.22. The highest BCUT2D eigenvalue weighted by atomic mass is 16.5. The van der Waals surface area contributed by atoms with Gasteiger partial charge in [0, 0.05) is 17.7 Å². The first-order valence-corrected chi connectivity index (χ1v) is 7.47. The number of rotatable bonds is 5. The highest BCUT2D eigenvalue weighted by Crippen LogP contribution is 2.26. The van der Waals surface area contributed by atoms with Crippen molar-refractivity contribution in [3.05, 3.63) is 77.9 Å². The molecule has 120 valence electrons. The first kappa shape index (κ1) is 15.6. The molecule has 0 atom stereocenters. The summed E-state index contributed by atoms with van der Waals surface area (Å²) in [6.07, 6.45) is 2.32. The lowest BCUT2D eigenvalue weighted by molar-refractivity contribution is -0.131. The summed E-state index contributed by atoms with van der Waals surface area (Å²) in [4.78, 5) is 10.5. The van der Waals surface area contributed by atoms with Gasteiger partial charge in [0.05, 0.1) is 0 Å². The normalized spacial score (nSPS) is 11.0. The van der Waals surface area contributed by atoms with Crippen molar-refractivity contribution in [2.75, 3.05) is 0 Å². The maximum atomic E-state index is 10.5. The summed E-state index contributed by atoms with van der Waals surface area (Å²) in [5.74, 6) is -0.568. The second-order valence-electron chi connectivity index (χ2n) is 5.32. The van der Waals surface area contributed by atoms with E-state index in [4.69, 9.17) is 9.84 Å². The Morgan fingerprint density at radius 2 is 1.83 bits per heavy atom. The van der Waals surface area contributed by atoms with Crippen molar-refractivity contribution in [2.45, 2.75) is 6.61 Å². The van der Waals surface area contributed by atoms with Crippen LogP contribution < -0.4 is 4.74 Å². The summed E-state index contributed by atoms with van der Waals surface area (Å²) in [5.41, 5.74) is 1.48. The first-order chi connectivity index (χ1) is 11.6. The zero-order valence-electron chi connectivity index (χ0n) is 12.8. The standard InChI is InChI=1S/C20H16O4/c21-19-12-17(10-8-15(19)9-11-20(22)23)24-13-16-6-3-5-14-4-1-2-7-18(14)16/h1-12,21H,13H2,(H,22,23)/b11-9+. The number of carbonyl (C=O) groups is 1. The van der Waals surface area contributed by atoms with Gasteiger partial charge in [0.15, 0.2) is 0 Å². The number of aromatic hydroxyl groups is 1. The molecule has 0 radical (unpaired) electrons. The van der Waals surface area contributed by atoms with Crippen LogP contribution in [0.15, 0.2) is 66.7 Å². The van der Waals surface area contributed by atoms with Crippen LogP contribution in [0.3, 0.4) is 0 Å². The molecule has 0 heterocycles. The van der Waals surface area contributed by atoms with E-state index in [0.717, 1.165) is 22.4 Å². The van der Waals surface area contributed by atoms with Gasteiger partial charge >= 0.3 is 5.97 Å². The Bertz CT molecular complexity index is 907. The van der Waals surface area contributed by atoms with Crippen LogP contribution in [0.5, 0.6) is 11.5 Å². The topological polar surface area (TPSA) is 66.8 Å². The van der Waals surface area contributed by atoms with Gasteiger partial charge in [-0.25, -0.2) is 4.79 Å². The van der Waals surface area contributed by atoms with E-state index in [-0.39, 0.29) is 5.75 Å². The van der Waals surface area contributed by atoms with E-state index < -0.39 is 5.97 Å². The molecule has 0 aliphatic carbocycles. The van der Waals surface area contributed by atoms with E-state index in [2.05, 4.69) is 0 Å². The number of phenols is 1. The zero-order valence-corrected chi connectivity index (χ0v) is 12.8. The molecule has 0 aromatic heterocycles. The van der Waals surface area contributed by atoms with Crippen LogP contribution in [-0.2, 0) is 11.4 Å². The lowest BCUT2D eigenvalue weighted by Crippen LogP contribution is -1.96. The van der Waals surface area contributed by atoms with E-state index in [9.17, 15) is 9.90 Å². The highest BCUT2D eigenvalue weighted by Gasteiger charge is 2.04. The molecule has 0 bridgehead atoms. The maximum absolute atomic E-state index is 10.5. The summed E-state index contributed by atoms with van der Waals surface area (Å²) >= 11 is 0. The van der Waals surface area contributed by atoms with E-state index in [1.807, 2.05) is 42.5 Å². The average Bonchev–Trinajstić information content (AvgIpc) is 2.59. The smallest absolute Gasteiger partial charge is 0.328 e. The summed E-state index contributed by atoms with van der Waals surface area (Å²) in [6, 6.07) is 18.9. The zero-order chi connectivity index (χ0) is 16.9. The monoisotopic (exact) mass is 320 g/mol. The number of fused-ring (bicyclic) bond motifs is 1. The van der Waals surface area contributed by atoms with E-state index in [0.29, 0.717) is 17.9 Å². The van der Waals surface area contributed by atoms with Gasteiger partial charge in [-0.15, -0.1) is 0 Å². The Morgan fingerprint density at radius 1 is 1.04 bits per heavy atom. The molecule has 4 nitrogen and oxygen atoms in total. The van der Waals surface area contributed by atoms with Crippen molar-refractivity contribution in [3.8, 4) is 11.5 Å². The SMILES string of the molecule is O=C(O)/C=C/c1ccc(OCc2cccc3ccccc23)cc1O. The molecular formula is C20H16O4. The van der Waals surface area contributed by atoms with Crippen molar-refractivity contribution in [1.82, 2.24) is 0 Å². The van der Waals surface area contributed by atoms with Gasteiger partial charge in [-0.1, -0.05) is 42.5 Å². The maximum Gasteiger partial charge on any atom is 0.328 e. The number of benzene rings is 3. The number of hydrogen-bond donors (Lipinski definition) is 2. The van der Waals surface area contributed by atoms with E-state index >= 15 is 0 Å². The minimum absolute atomic E-state index is 0.0251. The molecule has 2 N–H and O–H groups in total. The van der Waals surface area contributed by atoms with Gasteiger partial charge in [-0.2, -0.15) is 0 Å². The molecule has 0 saturated carbocycles. The molecule has 0 saturated heterocycles. The van der Waals surface area contributed by atoms with Crippen molar-refractivity contribution in [3.63, 3.8) is 0 Å². The minimum Gasteiger partial charge on any atom is -0.507 e. The van der Waals surface area contributed by atoms with Crippen molar-refractivity contribution < 1.29 is 19.7 Å². The van der Waals surface area contributed by atoms with E-state index in [1.54, 1.807) is 12.1 Å². The molecule has 0 unspecified atom stereocenters. The van der Waals surface area contributed by atoms with Gasteiger partial charge in [0.2, 0.25) is 0 Å². The lowest BCUT2D eigenvalue weighted by Gasteiger charge is -2.10. The van der Waals surface area contributed by atoms with E-state index in [1.165, 1.54) is 12.1 Å². The first-order valence-electron chi connectivity index (χ1n) is 7.47. The van der Waals surface area contributed by atoms with Gasteiger partial charge in [-0.3, -0.25) is 0 Å². The molecule has 0 aliphatic rings. The molecule has 4 heteroatoms. The summed E-state index contributed by atoms with van der Waals surface area (Å²) < 4.78 is 5.76. The summed E-state index contributed by atoms with van der Waals surface area (Å²) in [5, 5.41) is 20.9. The largest absolute Gasteiger partial charge is 0.507 e. The summed E-state index contributed by atoms with van der Waals surface area (Å²) in [7, 11) is 0. The molecule has 0 amide bonds. The summed E-state index contributed by atoms with van der Waals surface area (Å²) in [6.45, 7) is 0.380. The Morgan fingerprint density at radius 3 is 2.62 bits per heavy atom. The van der Waals surface area contributed by atoms with Crippen LogP contribution >= 0.6 is 0 Å². The van der Waals surface area contributed by atoms with Crippen LogP contribution in [0.1, 0.15) is 11.1 Å². The Balaban J connectivity index is 1.77. The molecule has 0 spiro atoms. The fraction of sp³-hybridized carbons (Fsp3) is 0.0500. The molecule has 0 fully saturated rings. The molecular weight excluding hydrogens is 304 g/mol. The van der Waals surface area contributed by atoms with Gasteiger partial charge < -0.3 is 14.9 Å². The van der Waals surface area contributed by atoms with Crippen LogP contribution in [0.4, 0.5) is 0 Å². The number of aliphatic carboxylic acids is 1. The van der Waals surface area contributed by atoms with Crippen LogP contribution in [0, 0.1) is 0 Å². The van der Waals surface area contributed by atoms with Crippen LogP contribution in [0.2, 0.25) is 0 Å². The van der Waals surface area contributed by atoms with Gasteiger partial charge in [0.1, 0.15) is 18.1 Å². The second kappa shape index (κ2) is 6.87. The quantitative estimate of drug-likeness (QED) is 0.691. The third-order valence-corrected chi connectivity index (χ3v) is 3.68. The third-order valence-electron chi connectivity index (χ3n) is 3.68. The van der Waals surface area contributed by atoms with Crippen molar-refractivity contribution in [2.24, 2.45) is 0 Å². The van der Waals surface area contributed by atoms with Gasteiger partial charge in [-0.05, 0) is 34.5 Å². The Labute approximate surface area is 139 Å². The fourth-order valence-electron chi connectivity index (χ4n) is 2.49. The molecule has 3 aromatic rings. The van der Waals surface area contributed by atoms with Crippen molar-refractivity contribution in [1.29, 1.82) is 0 Å². The third kappa shape index (κ3) is 3.55. The lowest BCUT2D eigenvalue weighted by atomic mass is 10.1.